The van der Waals surface area contributed by atoms with Crippen LogP contribution >= 0.6 is 0 Å². The Hall–Kier alpha value is -6.22. The van der Waals surface area contributed by atoms with Crippen LogP contribution in [0.15, 0.2) is 103 Å². The van der Waals surface area contributed by atoms with Crippen LogP contribution in [0.4, 0.5) is 45.2 Å². The van der Waals surface area contributed by atoms with E-state index in [1.54, 1.807) is 50.2 Å². The Bertz CT molecular complexity index is 2930. The summed E-state index contributed by atoms with van der Waals surface area (Å²) in [6, 6.07) is 23.1. The van der Waals surface area contributed by atoms with Crippen LogP contribution in [0.25, 0.3) is 71.0 Å². The minimum Gasteiger partial charge on any atom is -0.319 e. The van der Waals surface area contributed by atoms with Crippen LogP contribution in [0.3, 0.4) is 0 Å². The second kappa shape index (κ2) is 12.1. The first-order valence-electron chi connectivity index (χ1n) is 16.8. The van der Waals surface area contributed by atoms with E-state index in [0.29, 0.717) is 38.1 Å². The van der Waals surface area contributed by atoms with Crippen LogP contribution in [0.5, 0.6) is 0 Å². The Kier molecular flexibility index (Phi) is 7.90. The molecule has 0 amide bonds. The van der Waals surface area contributed by atoms with Gasteiger partial charge in [0.25, 0.3) is 0 Å². The largest absolute Gasteiger partial charge is 0.417 e. The minimum atomic E-state index is -4.88. The van der Waals surface area contributed by atoms with Gasteiger partial charge >= 0.3 is 18.5 Å². The number of aromatic nitrogens is 2. The summed E-state index contributed by atoms with van der Waals surface area (Å²) in [5, 5.41) is 1.80. The number of hydrogen-bond acceptors (Lipinski definition) is 0. The van der Waals surface area contributed by atoms with Gasteiger partial charge in [-0.05, 0) is 97.1 Å². The molecule has 0 N–H and O–H groups in total. The van der Waals surface area contributed by atoms with Crippen molar-refractivity contribution in [3.63, 3.8) is 0 Å². The molecule has 0 saturated heterocycles. The fourth-order valence-electron chi connectivity index (χ4n) is 7.66. The summed E-state index contributed by atoms with van der Waals surface area (Å²) in [6.45, 7) is 13.6. The number of aryl methyl sites for hydroxylation is 3. The molecule has 3 nitrogen and oxygen atoms in total. The molecule has 0 saturated carbocycles. The van der Waals surface area contributed by atoms with Gasteiger partial charge in [0.05, 0.1) is 56.7 Å². The Morgan fingerprint density at radius 1 is 0.509 bits per heavy atom. The van der Waals surface area contributed by atoms with Gasteiger partial charge in [-0.15, -0.1) is 0 Å². The lowest BCUT2D eigenvalue weighted by molar-refractivity contribution is -0.138. The van der Waals surface area contributed by atoms with Crippen molar-refractivity contribution in [2.75, 3.05) is 0 Å². The van der Waals surface area contributed by atoms with Gasteiger partial charge in [-0.1, -0.05) is 54.6 Å². The van der Waals surface area contributed by atoms with Crippen LogP contribution in [0.1, 0.15) is 33.4 Å². The molecular weight excluding hydrogens is 729 g/mol. The molecule has 0 atom stereocenters. The third-order valence-electron chi connectivity index (χ3n) is 10.1. The van der Waals surface area contributed by atoms with Crippen molar-refractivity contribution < 1.29 is 39.5 Å². The standard InChI is InChI=1S/C43H26F9N3/c1-22-8-12-27-29-14-10-25(41(44,45)46)20-36(29)54(34(27)18-22)33-17-16-31(38-24(3)6-5-7-32(38)43(50,51)52)40(39(33)53-4)55-35-19-23(2)9-13-28(35)30-15-11-26(21-37(30)55)42(47,48)49/h5-21H,1-3H3. The van der Waals surface area contributed by atoms with E-state index in [4.69, 9.17) is 6.57 Å². The van der Waals surface area contributed by atoms with Crippen LogP contribution in [0, 0.1) is 27.3 Å². The Labute approximate surface area is 307 Å². The zero-order valence-corrected chi connectivity index (χ0v) is 29.1. The van der Waals surface area contributed by atoms with Crippen molar-refractivity contribution in [3.05, 3.63) is 148 Å². The van der Waals surface area contributed by atoms with Crippen LogP contribution < -0.4 is 0 Å². The van der Waals surface area contributed by atoms with Crippen LogP contribution in [0.2, 0.25) is 0 Å². The van der Waals surface area contributed by atoms with E-state index in [1.807, 2.05) is 0 Å². The predicted octanol–water partition coefficient (Wildman–Crippen LogP) is 14.1. The molecule has 276 valence electrons. The van der Waals surface area contributed by atoms with Gasteiger partial charge in [0, 0.05) is 21.5 Å². The molecule has 0 aliphatic carbocycles. The summed E-state index contributed by atoms with van der Waals surface area (Å²) in [5.41, 5.74) is -1.48. The van der Waals surface area contributed by atoms with Gasteiger partial charge in [0.2, 0.25) is 5.69 Å². The highest BCUT2D eigenvalue weighted by molar-refractivity contribution is 6.13. The van der Waals surface area contributed by atoms with E-state index < -0.39 is 35.2 Å². The maximum Gasteiger partial charge on any atom is 0.417 e. The fourth-order valence-corrected chi connectivity index (χ4v) is 7.66. The third kappa shape index (κ3) is 5.68. The van der Waals surface area contributed by atoms with Crippen molar-refractivity contribution in [1.82, 2.24) is 9.13 Å². The van der Waals surface area contributed by atoms with Gasteiger partial charge in [-0.3, -0.25) is 0 Å². The smallest absolute Gasteiger partial charge is 0.319 e. The second-order valence-electron chi connectivity index (χ2n) is 13.6. The Morgan fingerprint density at radius 2 is 0.982 bits per heavy atom. The zero-order valence-electron chi connectivity index (χ0n) is 29.1. The normalized spacial score (nSPS) is 12.7. The number of halogens is 9. The summed E-state index contributed by atoms with van der Waals surface area (Å²) in [5.74, 6) is 0. The highest BCUT2D eigenvalue weighted by atomic mass is 19.4. The lowest BCUT2D eigenvalue weighted by Crippen LogP contribution is -2.10. The van der Waals surface area contributed by atoms with Crippen molar-refractivity contribution in [1.29, 1.82) is 0 Å². The molecule has 0 unspecified atom stereocenters. The number of benzene rings is 6. The zero-order chi connectivity index (χ0) is 39.4. The highest BCUT2D eigenvalue weighted by Gasteiger charge is 2.37. The van der Waals surface area contributed by atoms with Gasteiger partial charge in [-0.2, -0.15) is 39.5 Å². The topological polar surface area (TPSA) is 14.2 Å². The van der Waals surface area contributed by atoms with Gasteiger partial charge in [0.15, 0.2) is 0 Å². The van der Waals surface area contributed by atoms with Gasteiger partial charge < -0.3 is 9.13 Å². The minimum absolute atomic E-state index is 0.0236. The molecule has 0 aliphatic heterocycles. The molecule has 2 heterocycles. The first-order chi connectivity index (χ1) is 25.9. The van der Waals surface area contributed by atoms with E-state index in [2.05, 4.69) is 4.85 Å². The maximum absolute atomic E-state index is 14.8. The Morgan fingerprint density at radius 3 is 1.47 bits per heavy atom. The molecule has 12 heteroatoms. The predicted molar refractivity (Wildman–Crippen MR) is 196 cm³/mol. The average molecular weight is 756 g/mol. The number of nitrogens with zero attached hydrogens (tertiary/aromatic N) is 3. The van der Waals surface area contributed by atoms with Crippen LogP contribution in [-0.2, 0) is 18.5 Å². The molecule has 0 bridgehead atoms. The molecule has 6 aromatic carbocycles. The number of alkyl halides is 9. The van der Waals surface area contributed by atoms with Crippen molar-refractivity contribution in [3.8, 4) is 22.5 Å². The number of hydrogen-bond donors (Lipinski definition) is 0. The number of fused-ring (bicyclic) bond motifs is 6. The van der Waals surface area contributed by atoms with Crippen molar-refractivity contribution in [2.45, 2.75) is 39.3 Å². The average Bonchev–Trinajstić information content (AvgIpc) is 3.60. The Balaban J connectivity index is 1.63. The van der Waals surface area contributed by atoms with E-state index in [0.717, 1.165) is 35.9 Å². The summed E-state index contributed by atoms with van der Waals surface area (Å²) >= 11 is 0. The monoisotopic (exact) mass is 755 g/mol. The SMILES string of the molecule is [C-]#[N+]c1c(-n2c3cc(C)ccc3c3ccc(C(F)(F)F)cc32)ccc(-c2c(C)cccc2C(F)(F)F)c1-n1c2cc(C)ccc2c2ccc(C(F)(F)F)cc21. The molecule has 0 aliphatic rings. The van der Waals surface area contributed by atoms with E-state index in [9.17, 15) is 39.5 Å². The third-order valence-corrected chi connectivity index (χ3v) is 10.1. The number of rotatable bonds is 3. The van der Waals surface area contributed by atoms with E-state index in [1.165, 1.54) is 52.5 Å². The molecule has 0 spiro atoms. The summed E-state index contributed by atoms with van der Waals surface area (Å²) in [4.78, 5) is 3.89. The van der Waals surface area contributed by atoms with Crippen LogP contribution in [-0.4, -0.2) is 9.13 Å². The highest BCUT2D eigenvalue weighted by Crippen LogP contribution is 2.49. The fraction of sp³-hybridized carbons (Fsp3) is 0.140. The summed E-state index contributed by atoms with van der Waals surface area (Å²) < 4.78 is 133. The van der Waals surface area contributed by atoms with Crippen molar-refractivity contribution in [2.24, 2.45) is 0 Å². The molecule has 8 rings (SSSR count). The summed E-state index contributed by atoms with van der Waals surface area (Å²) in [7, 11) is 0. The first kappa shape index (κ1) is 35.8. The second-order valence-corrected chi connectivity index (χ2v) is 13.6. The van der Waals surface area contributed by atoms with E-state index in [-0.39, 0.29) is 44.8 Å². The molecule has 0 fully saturated rings. The molecule has 55 heavy (non-hydrogen) atoms. The van der Waals surface area contributed by atoms with E-state index >= 15 is 0 Å². The van der Waals surface area contributed by atoms with Gasteiger partial charge in [-0.25, -0.2) is 4.85 Å². The first-order valence-corrected chi connectivity index (χ1v) is 16.8. The summed E-state index contributed by atoms with van der Waals surface area (Å²) in [6.07, 6.45) is -14.4. The quantitative estimate of drug-likeness (QED) is 0.126. The lowest BCUT2D eigenvalue weighted by atomic mass is 9.92. The van der Waals surface area contributed by atoms with Crippen molar-refractivity contribution >= 4 is 49.3 Å². The molecular formula is C43H26F9N3. The lowest BCUT2D eigenvalue weighted by Gasteiger charge is -2.23. The molecule has 2 aromatic heterocycles. The molecule has 8 aromatic rings. The molecule has 0 radical (unpaired) electrons. The maximum atomic E-state index is 14.8. The van der Waals surface area contributed by atoms with Gasteiger partial charge in [0.1, 0.15) is 0 Å².